The maximum Gasteiger partial charge on any atom is 0.168 e. The molecular weight excluding hydrogens is 226 g/mol. The SMILES string of the molecule is CC(C)Oc1cccnc1NCC[C@@H]1CCCN1. The first-order valence-corrected chi connectivity index (χ1v) is 6.84. The highest BCUT2D eigenvalue weighted by Crippen LogP contribution is 2.22. The van der Waals surface area contributed by atoms with E-state index in [4.69, 9.17) is 4.74 Å². The Morgan fingerprint density at radius 1 is 1.56 bits per heavy atom. The number of anilines is 1. The summed E-state index contributed by atoms with van der Waals surface area (Å²) in [7, 11) is 0. The third-order valence-electron chi connectivity index (χ3n) is 3.08. The number of hydrogen-bond acceptors (Lipinski definition) is 4. The van der Waals surface area contributed by atoms with Gasteiger partial charge in [-0.25, -0.2) is 4.98 Å². The molecule has 0 aromatic carbocycles. The molecule has 4 heteroatoms. The quantitative estimate of drug-likeness (QED) is 0.813. The molecule has 0 unspecified atom stereocenters. The fourth-order valence-electron chi connectivity index (χ4n) is 2.24. The largest absolute Gasteiger partial charge is 0.487 e. The van der Waals surface area contributed by atoms with Crippen molar-refractivity contribution in [3.05, 3.63) is 18.3 Å². The van der Waals surface area contributed by atoms with Crippen LogP contribution >= 0.6 is 0 Å². The van der Waals surface area contributed by atoms with Crippen molar-refractivity contribution in [2.75, 3.05) is 18.4 Å². The van der Waals surface area contributed by atoms with Crippen molar-refractivity contribution >= 4 is 5.82 Å². The van der Waals surface area contributed by atoms with E-state index in [0.717, 1.165) is 31.1 Å². The molecule has 2 heterocycles. The van der Waals surface area contributed by atoms with Crippen LogP contribution in [0.5, 0.6) is 5.75 Å². The third-order valence-corrected chi connectivity index (χ3v) is 3.08. The lowest BCUT2D eigenvalue weighted by molar-refractivity contribution is 0.243. The molecule has 1 aliphatic heterocycles. The van der Waals surface area contributed by atoms with Gasteiger partial charge in [-0.1, -0.05) is 0 Å². The molecule has 100 valence electrons. The van der Waals surface area contributed by atoms with Gasteiger partial charge in [-0.2, -0.15) is 0 Å². The Hall–Kier alpha value is -1.29. The molecule has 0 amide bonds. The Bertz CT molecular complexity index is 362. The Labute approximate surface area is 109 Å². The summed E-state index contributed by atoms with van der Waals surface area (Å²) in [4.78, 5) is 4.34. The van der Waals surface area contributed by atoms with Crippen LogP contribution in [0.4, 0.5) is 5.82 Å². The van der Waals surface area contributed by atoms with Gasteiger partial charge in [-0.3, -0.25) is 0 Å². The van der Waals surface area contributed by atoms with E-state index in [1.165, 1.54) is 12.8 Å². The van der Waals surface area contributed by atoms with Crippen molar-refractivity contribution in [2.45, 2.75) is 45.3 Å². The molecule has 1 aliphatic rings. The van der Waals surface area contributed by atoms with Crippen LogP contribution in [0.25, 0.3) is 0 Å². The zero-order valence-electron chi connectivity index (χ0n) is 11.3. The van der Waals surface area contributed by atoms with Gasteiger partial charge in [0.15, 0.2) is 11.6 Å². The topological polar surface area (TPSA) is 46.2 Å². The summed E-state index contributed by atoms with van der Waals surface area (Å²) in [5.41, 5.74) is 0. The number of pyridine rings is 1. The molecule has 1 fully saturated rings. The molecule has 2 N–H and O–H groups in total. The van der Waals surface area contributed by atoms with E-state index in [1.54, 1.807) is 6.20 Å². The zero-order chi connectivity index (χ0) is 12.8. The Morgan fingerprint density at radius 3 is 3.17 bits per heavy atom. The summed E-state index contributed by atoms with van der Waals surface area (Å²) in [6, 6.07) is 4.53. The molecule has 1 atom stereocenters. The normalized spacial score (nSPS) is 19.2. The molecule has 1 saturated heterocycles. The van der Waals surface area contributed by atoms with E-state index in [-0.39, 0.29) is 6.10 Å². The summed E-state index contributed by atoms with van der Waals surface area (Å²) in [5.74, 6) is 1.69. The van der Waals surface area contributed by atoms with E-state index < -0.39 is 0 Å². The van der Waals surface area contributed by atoms with Crippen molar-refractivity contribution < 1.29 is 4.74 Å². The van der Waals surface area contributed by atoms with Gasteiger partial charge < -0.3 is 15.4 Å². The smallest absolute Gasteiger partial charge is 0.168 e. The van der Waals surface area contributed by atoms with Crippen molar-refractivity contribution in [1.29, 1.82) is 0 Å². The first-order chi connectivity index (χ1) is 8.75. The highest BCUT2D eigenvalue weighted by Gasteiger charge is 2.13. The number of rotatable bonds is 6. The molecule has 4 nitrogen and oxygen atoms in total. The van der Waals surface area contributed by atoms with Gasteiger partial charge >= 0.3 is 0 Å². The minimum absolute atomic E-state index is 0.172. The number of ether oxygens (including phenoxy) is 1. The van der Waals surface area contributed by atoms with Crippen molar-refractivity contribution in [3.8, 4) is 5.75 Å². The van der Waals surface area contributed by atoms with Crippen LogP contribution in [0, 0.1) is 0 Å². The summed E-state index contributed by atoms with van der Waals surface area (Å²) in [6.07, 6.45) is 5.70. The van der Waals surface area contributed by atoms with Crippen LogP contribution in [0.1, 0.15) is 33.1 Å². The molecule has 0 spiro atoms. The van der Waals surface area contributed by atoms with Gasteiger partial charge in [0.25, 0.3) is 0 Å². The van der Waals surface area contributed by atoms with E-state index in [0.29, 0.717) is 6.04 Å². The molecule has 1 aromatic rings. The van der Waals surface area contributed by atoms with Gasteiger partial charge in [-0.15, -0.1) is 0 Å². The average Bonchev–Trinajstić information content (AvgIpc) is 2.84. The molecular formula is C14H23N3O. The van der Waals surface area contributed by atoms with Crippen molar-refractivity contribution in [3.63, 3.8) is 0 Å². The third kappa shape index (κ3) is 3.88. The van der Waals surface area contributed by atoms with Crippen LogP contribution in [-0.2, 0) is 0 Å². The van der Waals surface area contributed by atoms with Gasteiger partial charge in [0, 0.05) is 18.8 Å². The monoisotopic (exact) mass is 249 g/mol. The zero-order valence-corrected chi connectivity index (χ0v) is 11.3. The first-order valence-electron chi connectivity index (χ1n) is 6.84. The van der Waals surface area contributed by atoms with E-state index >= 15 is 0 Å². The van der Waals surface area contributed by atoms with Crippen molar-refractivity contribution in [1.82, 2.24) is 10.3 Å². The van der Waals surface area contributed by atoms with Gasteiger partial charge in [0.1, 0.15) is 0 Å². The average molecular weight is 249 g/mol. The molecule has 18 heavy (non-hydrogen) atoms. The highest BCUT2D eigenvalue weighted by atomic mass is 16.5. The second kappa shape index (κ2) is 6.59. The fourth-order valence-corrected chi connectivity index (χ4v) is 2.24. The molecule has 0 radical (unpaired) electrons. The summed E-state index contributed by atoms with van der Waals surface area (Å²) in [5, 5.41) is 6.87. The van der Waals surface area contributed by atoms with Crippen LogP contribution in [-0.4, -0.2) is 30.2 Å². The second-order valence-electron chi connectivity index (χ2n) is 5.03. The lowest BCUT2D eigenvalue weighted by Gasteiger charge is -2.15. The first kappa shape index (κ1) is 13.1. The van der Waals surface area contributed by atoms with Gasteiger partial charge in [0.05, 0.1) is 6.10 Å². The van der Waals surface area contributed by atoms with Gasteiger partial charge in [-0.05, 0) is 51.8 Å². The lowest BCUT2D eigenvalue weighted by Crippen LogP contribution is -2.24. The molecule has 1 aromatic heterocycles. The van der Waals surface area contributed by atoms with E-state index in [2.05, 4.69) is 15.6 Å². The second-order valence-corrected chi connectivity index (χ2v) is 5.03. The Balaban J connectivity index is 1.83. The maximum absolute atomic E-state index is 5.73. The molecule has 0 saturated carbocycles. The summed E-state index contributed by atoms with van der Waals surface area (Å²) < 4.78 is 5.73. The molecule has 2 rings (SSSR count). The minimum atomic E-state index is 0.172. The predicted octanol–water partition coefficient (Wildman–Crippen LogP) is 2.42. The van der Waals surface area contributed by atoms with E-state index in [1.807, 2.05) is 26.0 Å². The molecule has 0 aliphatic carbocycles. The Kier molecular flexibility index (Phi) is 4.81. The highest BCUT2D eigenvalue weighted by molar-refractivity contribution is 5.49. The maximum atomic E-state index is 5.73. The van der Waals surface area contributed by atoms with Gasteiger partial charge in [0.2, 0.25) is 0 Å². The summed E-state index contributed by atoms with van der Waals surface area (Å²) >= 11 is 0. The number of aromatic nitrogens is 1. The van der Waals surface area contributed by atoms with Crippen LogP contribution < -0.4 is 15.4 Å². The lowest BCUT2D eigenvalue weighted by atomic mass is 10.1. The minimum Gasteiger partial charge on any atom is -0.487 e. The summed E-state index contributed by atoms with van der Waals surface area (Å²) in [6.45, 7) is 6.15. The number of nitrogens with zero attached hydrogens (tertiary/aromatic N) is 1. The predicted molar refractivity (Wildman–Crippen MR) is 74.1 cm³/mol. The molecule has 0 bridgehead atoms. The fraction of sp³-hybridized carbons (Fsp3) is 0.643. The van der Waals surface area contributed by atoms with Crippen LogP contribution in [0.3, 0.4) is 0 Å². The van der Waals surface area contributed by atoms with E-state index in [9.17, 15) is 0 Å². The Morgan fingerprint density at radius 2 is 2.44 bits per heavy atom. The van der Waals surface area contributed by atoms with Crippen LogP contribution in [0.15, 0.2) is 18.3 Å². The number of hydrogen-bond donors (Lipinski definition) is 2. The van der Waals surface area contributed by atoms with Crippen LogP contribution in [0.2, 0.25) is 0 Å². The number of nitrogens with one attached hydrogen (secondary N) is 2. The van der Waals surface area contributed by atoms with Crippen molar-refractivity contribution in [2.24, 2.45) is 0 Å². The standard InChI is InChI=1S/C14H23N3O/c1-11(2)18-13-6-4-9-16-14(13)17-10-7-12-5-3-8-15-12/h4,6,9,11-12,15H,3,5,7-8,10H2,1-2H3,(H,16,17)/t12-/m0/s1.